The summed E-state index contributed by atoms with van der Waals surface area (Å²) in [7, 11) is 0. The first-order valence-electron chi connectivity index (χ1n) is 10.4. The lowest BCUT2D eigenvalue weighted by atomic mass is 10.0. The molecule has 0 bridgehead atoms. The highest BCUT2D eigenvalue weighted by molar-refractivity contribution is 6.11. The number of carbonyl (C=O) groups excluding carboxylic acids is 2. The molecule has 4 rings (SSSR count). The Kier molecular flexibility index (Phi) is 6.33. The van der Waals surface area contributed by atoms with E-state index in [-0.39, 0.29) is 17.7 Å². The van der Waals surface area contributed by atoms with Gasteiger partial charge in [-0.1, -0.05) is 37.1 Å². The number of aliphatic hydroxyl groups is 1. The summed E-state index contributed by atoms with van der Waals surface area (Å²) in [6, 6.07) is 14.1. The average Bonchev–Trinajstić information content (AvgIpc) is 3.52. The molecule has 3 N–H and O–H groups in total. The van der Waals surface area contributed by atoms with E-state index in [1.165, 1.54) is 0 Å². The SMILES string of the molecule is O=C(N=C(CO)c1cccc(C(=O)NC2CCCC2)c1)c1ccc(-c2cn[nH]c2)cc1. The van der Waals surface area contributed by atoms with E-state index in [0.717, 1.165) is 36.8 Å². The third-order valence-corrected chi connectivity index (χ3v) is 5.50. The molecule has 31 heavy (non-hydrogen) atoms. The lowest BCUT2D eigenvalue weighted by Crippen LogP contribution is -2.32. The van der Waals surface area contributed by atoms with Gasteiger partial charge in [0, 0.05) is 28.9 Å². The normalized spacial score (nSPS) is 14.5. The first kappa shape index (κ1) is 20.7. The molecule has 0 unspecified atom stereocenters. The zero-order chi connectivity index (χ0) is 21.6. The maximum atomic E-state index is 12.6. The van der Waals surface area contributed by atoms with Gasteiger partial charge < -0.3 is 10.4 Å². The molecule has 0 radical (unpaired) electrons. The number of aromatic nitrogens is 2. The molecule has 1 heterocycles. The van der Waals surface area contributed by atoms with E-state index in [4.69, 9.17) is 0 Å². The van der Waals surface area contributed by atoms with Crippen molar-refractivity contribution in [2.45, 2.75) is 31.7 Å². The van der Waals surface area contributed by atoms with E-state index in [2.05, 4.69) is 20.5 Å². The van der Waals surface area contributed by atoms with Crippen molar-refractivity contribution in [3.8, 4) is 11.1 Å². The first-order valence-corrected chi connectivity index (χ1v) is 10.4. The quantitative estimate of drug-likeness (QED) is 0.536. The van der Waals surface area contributed by atoms with Crippen LogP contribution < -0.4 is 5.32 Å². The Balaban J connectivity index is 1.51. The number of rotatable bonds is 6. The summed E-state index contributed by atoms with van der Waals surface area (Å²) in [6.45, 7) is -0.410. The molecule has 0 atom stereocenters. The number of hydrogen-bond acceptors (Lipinski definition) is 4. The highest BCUT2D eigenvalue weighted by Crippen LogP contribution is 2.20. The number of aliphatic hydroxyl groups excluding tert-OH is 1. The number of benzene rings is 2. The zero-order valence-corrected chi connectivity index (χ0v) is 17.0. The Morgan fingerprint density at radius 3 is 2.45 bits per heavy atom. The van der Waals surface area contributed by atoms with Gasteiger partial charge in [-0.25, -0.2) is 4.99 Å². The van der Waals surface area contributed by atoms with Crippen molar-refractivity contribution in [3.63, 3.8) is 0 Å². The summed E-state index contributed by atoms with van der Waals surface area (Å²) < 4.78 is 0. The van der Waals surface area contributed by atoms with Crippen molar-refractivity contribution in [3.05, 3.63) is 77.6 Å². The molecule has 2 aromatic carbocycles. The van der Waals surface area contributed by atoms with Crippen LogP contribution in [0.2, 0.25) is 0 Å². The molecular formula is C24H24N4O3. The fraction of sp³-hybridized carbons (Fsp3) is 0.250. The van der Waals surface area contributed by atoms with E-state index in [0.29, 0.717) is 16.7 Å². The maximum Gasteiger partial charge on any atom is 0.277 e. The molecule has 2 amide bonds. The molecule has 1 aliphatic carbocycles. The summed E-state index contributed by atoms with van der Waals surface area (Å²) >= 11 is 0. The van der Waals surface area contributed by atoms with Crippen LogP contribution in [0.4, 0.5) is 0 Å². The maximum absolute atomic E-state index is 12.6. The van der Waals surface area contributed by atoms with Gasteiger partial charge in [0.15, 0.2) is 0 Å². The predicted molar refractivity (Wildman–Crippen MR) is 118 cm³/mol. The van der Waals surface area contributed by atoms with Crippen LogP contribution in [0.15, 0.2) is 65.9 Å². The minimum absolute atomic E-state index is 0.146. The largest absolute Gasteiger partial charge is 0.390 e. The lowest BCUT2D eigenvalue weighted by Gasteiger charge is -2.12. The number of nitrogens with zero attached hydrogens (tertiary/aromatic N) is 2. The molecule has 0 saturated heterocycles. The van der Waals surface area contributed by atoms with Crippen LogP contribution in [0.3, 0.4) is 0 Å². The third-order valence-electron chi connectivity index (χ3n) is 5.50. The van der Waals surface area contributed by atoms with Crippen LogP contribution in [0.5, 0.6) is 0 Å². The molecule has 1 aromatic heterocycles. The highest BCUT2D eigenvalue weighted by atomic mass is 16.3. The fourth-order valence-corrected chi connectivity index (χ4v) is 3.77. The van der Waals surface area contributed by atoms with Gasteiger partial charge in [0.2, 0.25) is 0 Å². The second-order valence-corrected chi connectivity index (χ2v) is 7.62. The van der Waals surface area contributed by atoms with Crippen LogP contribution in [0.25, 0.3) is 11.1 Å². The van der Waals surface area contributed by atoms with E-state index in [9.17, 15) is 14.7 Å². The van der Waals surface area contributed by atoms with Crippen LogP contribution in [0, 0.1) is 0 Å². The van der Waals surface area contributed by atoms with Crippen molar-refractivity contribution in [2.75, 3.05) is 6.61 Å². The molecule has 1 fully saturated rings. The number of hydrogen-bond donors (Lipinski definition) is 3. The van der Waals surface area contributed by atoms with Gasteiger partial charge in [0.1, 0.15) is 0 Å². The van der Waals surface area contributed by atoms with Crippen LogP contribution >= 0.6 is 0 Å². The van der Waals surface area contributed by atoms with Gasteiger partial charge in [-0.3, -0.25) is 14.7 Å². The topological polar surface area (TPSA) is 107 Å². The van der Waals surface area contributed by atoms with Crippen LogP contribution in [0.1, 0.15) is 52.0 Å². The molecule has 158 valence electrons. The Labute approximate surface area is 180 Å². The van der Waals surface area contributed by atoms with Gasteiger partial charge in [-0.2, -0.15) is 5.10 Å². The van der Waals surface area contributed by atoms with Crippen LogP contribution in [-0.4, -0.2) is 45.5 Å². The van der Waals surface area contributed by atoms with Gasteiger partial charge in [-0.15, -0.1) is 0 Å². The second kappa shape index (κ2) is 9.49. The van der Waals surface area contributed by atoms with Crippen molar-refractivity contribution >= 4 is 17.5 Å². The minimum atomic E-state index is -0.455. The molecule has 0 spiro atoms. The number of amides is 2. The van der Waals surface area contributed by atoms with E-state index in [1.807, 2.05) is 12.1 Å². The molecular weight excluding hydrogens is 392 g/mol. The third kappa shape index (κ3) is 4.95. The number of carbonyl (C=O) groups is 2. The van der Waals surface area contributed by atoms with E-state index in [1.54, 1.807) is 48.8 Å². The summed E-state index contributed by atoms with van der Waals surface area (Å²) in [5.41, 5.74) is 3.52. The van der Waals surface area contributed by atoms with Gasteiger partial charge in [0.05, 0.1) is 18.5 Å². The van der Waals surface area contributed by atoms with Crippen molar-refractivity contribution < 1.29 is 14.7 Å². The van der Waals surface area contributed by atoms with Gasteiger partial charge in [0.25, 0.3) is 11.8 Å². The van der Waals surface area contributed by atoms with E-state index >= 15 is 0 Å². The van der Waals surface area contributed by atoms with Gasteiger partial charge >= 0.3 is 0 Å². The van der Waals surface area contributed by atoms with E-state index < -0.39 is 12.5 Å². The number of aliphatic imine (C=N–C) groups is 1. The predicted octanol–water partition coefficient (Wildman–Crippen LogP) is 3.37. The van der Waals surface area contributed by atoms with Crippen molar-refractivity contribution in [2.24, 2.45) is 4.99 Å². The summed E-state index contributed by atoms with van der Waals surface area (Å²) in [5, 5.41) is 19.5. The molecule has 1 aliphatic rings. The summed E-state index contributed by atoms with van der Waals surface area (Å²) in [6.07, 6.45) is 7.75. The summed E-state index contributed by atoms with van der Waals surface area (Å²) in [4.78, 5) is 29.3. The molecule has 7 nitrogen and oxygen atoms in total. The number of aromatic amines is 1. The standard InChI is InChI=1S/C24H24N4O3/c29-15-22(18-4-3-5-19(12-18)24(31)27-21-6-1-2-7-21)28-23(30)17-10-8-16(9-11-17)20-13-25-26-14-20/h3-5,8-14,21,29H,1-2,6-7,15H2,(H,25,26)(H,27,31). The smallest absolute Gasteiger partial charge is 0.277 e. The van der Waals surface area contributed by atoms with Crippen LogP contribution in [-0.2, 0) is 0 Å². The molecule has 7 heteroatoms. The Bertz CT molecular complexity index is 1080. The monoisotopic (exact) mass is 416 g/mol. The lowest BCUT2D eigenvalue weighted by molar-refractivity contribution is 0.0937. The number of nitrogens with one attached hydrogen (secondary N) is 2. The molecule has 0 aliphatic heterocycles. The number of H-pyrrole nitrogens is 1. The Hall–Kier alpha value is -3.58. The molecule has 3 aromatic rings. The minimum Gasteiger partial charge on any atom is -0.390 e. The fourth-order valence-electron chi connectivity index (χ4n) is 3.77. The summed E-state index contributed by atoms with van der Waals surface area (Å²) in [5.74, 6) is -0.601. The Morgan fingerprint density at radius 2 is 1.77 bits per heavy atom. The van der Waals surface area contributed by atoms with Crippen molar-refractivity contribution in [1.82, 2.24) is 15.5 Å². The first-order chi connectivity index (χ1) is 15.1. The highest BCUT2D eigenvalue weighted by Gasteiger charge is 2.18. The second-order valence-electron chi connectivity index (χ2n) is 7.62. The van der Waals surface area contributed by atoms with Crippen molar-refractivity contribution in [1.29, 1.82) is 0 Å². The van der Waals surface area contributed by atoms with Gasteiger partial charge in [-0.05, 0) is 48.2 Å². The molecule has 1 saturated carbocycles. The average molecular weight is 416 g/mol. The zero-order valence-electron chi connectivity index (χ0n) is 17.0. The Morgan fingerprint density at radius 1 is 1.03 bits per heavy atom.